The molecule has 0 bridgehead atoms. The van der Waals surface area contributed by atoms with Gasteiger partial charge in [-0.15, -0.1) is 0 Å². The van der Waals surface area contributed by atoms with Gasteiger partial charge in [-0.1, -0.05) is 11.3 Å². The molecule has 0 unspecified atom stereocenters. The number of hydrogen-bond acceptors (Lipinski definition) is 4. The highest BCUT2D eigenvalue weighted by Gasteiger charge is 2.07. The maximum absolute atomic E-state index is 4.96. The fourth-order valence-corrected chi connectivity index (χ4v) is 1.93. The van der Waals surface area contributed by atoms with Gasteiger partial charge in [0.15, 0.2) is 8.96 Å². The second-order valence-corrected chi connectivity index (χ2v) is 4.86. The van der Waals surface area contributed by atoms with Gasteiger partial charge in [0, 0.05) is 12.2 Å². The van der Waals surface area contributed by atoms with Crippen LogP contribution in [0.2, 0.25) is 0 Å². The van der Waals surface area contributed by atoms with Crippen LogP contribution in [0.4, 0.5) is 0 Å². The van der Waals surface area contributed by atoms with Gasteiger partial charge in [-0.2, -0.15) is 10.2 Å². The Morgan fingerprint density at radius 3 is 2.86 bits per heavy atom. The van der Waals surface area contributed by atoms with Gasteiger partial charge in [0.05, 0.1) is 0 Å². The van der Waals surface area contributed by atoms with E-state index in [0.29, 0.717) is 10.00 Å². The zero-order valence-electron chi connectivity index (χ0n) is 7.89. The van der Waals surface area contributed by atoms with Gasteiger partial charge in [-0.3, -0.25) is 9.78 Å². The quantitative estimate of drug-likeness (QED) is 0.801. The number of nitrogens with one attached hydrogen (secondary N) is 1. The average Bonchev–Trinajstić information content (AvgIpc) is 2.70. The molecule has 0 atom stereocenters. The summed E-state index contributed by atoms with van der Waals surface area (Å²) in [6.45, 7) is 4.17. The highest BCUT2D eigenvalue weighted by Crippen LogP contribution is 2.20. The molecule has 14 heavy (non-hydrogen) atoms. The molecule has 0 fully saturated rings. The molecule has 0 saturated carbocycles. The average molecular weight is 226 g/mol. The molecule has 0 radical (unpaired) electrons. The topological polar surface area (TPSA) is 46.5 Å². The van der Waals surface area contributed by atoms with E-state index in [4.69, 9.17) is 12.2 Å². The minimum absolute atomic E-state index is 0.371. The van der Waals surface area contributed by atoms with E-state index in [9.17, 15) is 0 Å². The Morgan fingerprint density at radius 1 is 1.57 bits per heavy atom. The van der Waals surface area contributed by atoms with Gasteiger partial charge in [0.2, 0.25) is 0 Å². The van der Waals surface area contributed by atoms with Gasteiger partial charge >= 0.3 is 0 Å². The maximum atomic E-state index is 4.96. The van der Waals surface area contributed by atoms with Crippen LogP contribution in [0.25, 0.3) is 10.7 Å². The Labute approximate surface area is 90.6 Å². The lowest BCUT2D eigenvalue weighted by atomic mass is 10.4. The first kappa shape index (κ1) is 9.54. The molecule has 2 aromatic rings. The summed E-state index contributed by atoms with van der Waals surface area (Å²) in [6.07, 6.45) is 1.95. The summed E-state index contributed by atoms with van der Waals surface area (Å²) in [5.74, 6) is 0. The first-order chi connectivity index (χ1) is 6.66. The highest BCUT2D eigenvalue weighted by molar-refractivity contribution is 7.73. The SMILES string of the molecule is CC(C)n1ccc(-c2n[nH]c(=S)s2)n1. The van der Waals surface area contributed by atoms with Crippen LogP contribution in [-0.4, -0.2) is 20.0 Å². The van der Waals surface area contributed by atoms with Crippen LogP contribution in [0.5, 0.6) is 0 Å². The Balaban J connectivity index is 2.38. The minimum atomic E-state index is 0.371. The van der Waals surface area contributed by atoms with Crippen molar-refractivity contribution >= 4 is 23.6 Å². The van der Waals surface area contributed by atoms with Crippen LogP contribution < -0.4 is 0 Å². The largest absolute Gasteiger partial charge is 0.270 e. The van der Waals surface area contributed by atoms with Crippen LogP contribution in [0.15, 0.2) is 12.3 Å². The standard InChI is InChI=1S/C8H10N4S2/c1-5(2)12-4-3-6(11-12)7-9-10-8(13)14-7/h3-5H,1-2H3,(H,10,13). The van der Waals surface area contributed by atoms with Crippen LogP contribution in [0.1, 0.15) is 19.9 Å². The summed E-state index contributed by atoms with van der Waals surface area (Å²) in [7, 11) is 0. The van der Waals surface area contributed by atoms with Crippen molar-refractivity contribution in [2.75, 3.05) is 0 Å². The molecule has 0 amide bonds. The van der Waals surface area contributed by atoms with E-state index in [2.05, 4.69) is 29.1 Å². The molecule has 74 valence electrons. The second-order valence-electron chi connectivity index (χ2n) is 3.19. The summed E-state index contributed by atoms with van der Waals surface area (Å²) >= 11 is 6.40. The first-order valence-corrected chi connectivity index (χ1v) is 5.50. The van der Waals surface area contributed by atoms with Gasteiger partial charge in [0.25, 0.3) is 0 Å². The van der Waals surface area contributed by atoms with Crippen LogP contribution in [0.3, 0.4) is 0 Å². The number of H-pyrrole nitrogens is 1. The molecule has 4 nitrogen and oxygen atoms in total. The fourth-order valence-electron chi connectivity index (χ4n) is 1.08. The summed E-state index contributed by atoms with van der Waals surface area (Å²) in [6, 6.07) is 2.32. The summed E-state index contributed by atoms with van der Waals surface area (Å²) in [5.41, 5.74) is 0.871. The van der Waals surface area contributed by atoms with Gasteiger partial charge in [-0.05, 0) is 32.1 Å². The third-order valence-electron chi connectivity index (χ3n) is 1.79. The molecule has 0 aliphatic rings. The van der Waals surface area contributed by atoms with E-state index in [1.54, 1.807) is 0 Å². The van der Waals surface area contributed by atoms with Crippen molar-refractivity contribution in [3.63, 3.8) is 0 Å². The van der Waals surface area contributed by atoms with E-state index in [1.807, 2.05) is 16.9 Å². The number of aromatic nitrogens is 4. The Bertz CT molecular complexity index is 479. The van der Waals surface area contributed by atoms with E-state index >= 15 is 0 Å². The third kappa shape index (κ3) is 1.76. The lowest BCUT2D eigenvalue weighted by Crippen LogP contribution is -2.00. The molecule has 1 N–H and O–H groups in total. The first-order valence-electron chi connectivity index (χ1n) is 4.28. The molecule has 2 rings (SSSR count). The number of nitrogens with zero attached hydrogens (tertiary/aromatic N) is 3. The van der Waals surface area contributed by atoms with E-state index in [1.165, 1.54) is 11.3 Å². The molecule has 2 heterocycles. The third-order valence-corrected chi connectivity index (χ3v) is 2.91. The van der Waals surface area contributed by atoms with Crippen LogP contribution >= 0.6 is 23.6 Å². The predicted octanol–water partition coefficient (Wildman–Crippen LogP) is 2.65. The molecule has 0 aromatic carbocycles. The van der Waals surface area contributed by atoms with Gasteiger partial charge in [-0.25, -0.2) is 0 Å². The van der Waals surface area contributed by atoms with Crippen molar-refractivity contribution in [2.45, 2.75) is 19.9 Å². The lowest BCUT2D eigenvalue weighted by Gasteiger charge is -2.02. The molecule has 2 aromatic heterocycles. The van der Waals surface area contributed by atoms with Crippen molar-refractivity contribution in [1.29, 1.82) is 0 Å². The van der Waals surface area contributed by atoms with Crippen LogP contribution in [0, 0.1) is 3.95 Å². The Morgan fingerprint density at radius 2 is 2.36 bits per heavy atom. The number of aromatic amines is 1. The summed E-state index contributed by atoms with van der Waals surface area (Å²) < 4.78 is 2.58. The molecule has 0 aliphatic carbocycles. The van der Waals surface area contributed by atoms with Crippen molar-refractivity contribution in [2.24, 2.45) is 0 Å². The van der Waals surface area contributed by atoms with Gasteiger partial charge < -0.3 is 0 Å². The lowest BCUT2D eigenvalue weighted by molar-refractivity contribution is 0.534. The zero-order chi connectivity index (χ0) is 10.1. The molecule has 0 saturated heterocycles. The molecule has 0 aliphatic heterocycles. The molecular weight excluding hydrogens is 216 g/mol. The van der Waals surface area contributed by atoms with Crippen LogP contribution in [-0.2, 0) is 0 Å². The smallest absolute Gasteiger partial charge is 0.176 e. The van der Waals surface area contributed by atoms with Crippen molar-refractivity contribution in [3.8, 4) is 10.7 Å². The molecular formula is C8H10N4S2. The highest BCUT2D eigenvalue weighted by atomic mass is 32.1. The number of rotatable bonds is 2. The second kappa shape index (κ2) is 3.62. The number of hydrogen-bond donors (Lipinski definition) is 1. The van der Waals surface area contributed by atoms with Crippen molar-refractivity contribution < 1.29 is 0 Å². The van der Waals surface area contributed by atoms with Gasteiger partial charge in [0.1, 0.15) is 5.69 Å². The van der Waals surface area contributed by atoms with E-state index in [-0.39, 0.29) is 0 Å². The fraction of sp³-hybridized carbons (Fsp3) is 0.375. The van der Waals surface area contributed by atoms with Crippen molar-refractivity contribution in [1.82, 2.24) is 20.0 Å². The maximum Gasteiger partial charge on any atom is 0.176 e. The van der Waals surface area contributed by atoms with Crippen molar-refractivity contribution in [3.05, 3.63) is 16.2 Å². The minimum Gasteiger partial charge on any atom is -0.270 e. The zero-order valence-corrected chi connectivity index (χ0v) is 9.52. The predicted molar refractivity (Wildman–Crippen MR) is 58.9 cm³/mol. The monoisotopic (exact) mass is 226 g/mol. The Hall–Kier alpha value is -1.01. The van der Waals surface area contributed by atoms with E-state index in [0.717, 1.165) is 10.7 Å². The van der Waals surface area contributed by atoms with E-state index < -0.39 is 0 Å². The summed E-state index contributed by atoms with van der Waals surface area (Å²) in [5, 5.41) is 12.0. The summed E-state index contributed by atoms with van der Waals surface area (Å²) in [4.78, 5) is 0. The molecule has 6 heteroatoms. The Kier molecular flexibility index (Phi) is 2.47. The normalized spacial score (nSPS) is 11.1. The molecule has 0 spiro atoms.